The minimum atomic E-state index is -0.603. The van der Waals surface area contributed by atoms with Gasteiger partial charge in [-0.05, 0) is 42.5 Å². The predicted molar refractivity (Wildman–Crippen MR) is 105 cm³/mol. The molecule has 1 heterocycles. The molecule has 6 nitrogen and oxygen atoms in total. The van der Waals surface area contributed by atoms with Crippen molar-refractivity contribution in [1.29, 1.82) is 0 Å². The van der Waals surface area contributed by atoms with Gasteiger partial charge in [-0.25, -0.2) is 5.48 Å². The number of hydrogen-bond donors (Lipinski definition) is 3. The van der Waals surface area contributed by atoms with Crippen molar-refractivity contribution in [1.82, 2.24) is 5.48 Å². The Hall–Kier alpha value is -2.86. The first kappa shape index (κ1) is 18.9. The van der Waals surface area contributed by atoms with Crippen molar-refractivity contribution in [3.63, 3.8) is 0 Å². The molecule has 6 heteroatoms. The minimum absolute atomic E-state index is 0.0706. The van der Waals surface area contributed by atoms with E-state index in [1.54, 1.807) is 17.6 Å². The van der Waals surface area contributed by atoms with Crippen LogP contribution < -0.4 is 15.7 Å². The fraction of sp³-hybridized carbons (Fsp3) is 0.333. The summed E-state index contributed by atoms with van der Waals surface area (Å²) in [6.07, 6.45) is 1.85. The molecule has 0 saturated heterocycles. The van der Waals surface area contributed by atoms with Gasteiger partial charge in [0.05, 0.1) is 11.4 Å². The van der Waals surface area contributed by atoms with Gasteiger partial charge in [0.15, 0.2) is 0 Å². The van der Waals surface area contributed by atoms with Gasteiger partial charge in [0.2, 0.25) is 5.91 Å². The predicted octanol–water partition coefficient (Wildman–Crippen LogP) is 3.22. The topological polar surface area (TPSA) is 81.7 Å². The molecule has 142 valence electrons. The zero-order valence-corrected chi connectivity index (χ0v) is 15.6. The lowest BCUT2D eigenvalue weighted by Gasteiger charge is -2.40. The number of rotatable bonds is 6. The lowest BCUT2D eigenvalue weighted by molar-refractivity contribution is -0.118. The van der Waals surface area contributed by atoms with Crippen molar-refractivity contribution in [3.8, 4) is 0 Å². The van der Waals surface area contributed by atoms with Gasteiger partial charge < -0.3 is 10.2 Å². The third-order valence-corrected chi connectivity index (χ3v) is 4.87. The maximum absolute atomic E-state index is 12.7. The molecule has 0 aromatic heterocycles. The number of anilines is 2. The second kappa shape index (κ2) is 8.22. The van der Waals surface area contributed by atoms with Crippen LogP contribution in [0.2, 0.25) is 0 Å². The summed E-state index contributed by atoms with van der Waals surface area (Å²) in [5, 5.41) is 11.7. The molecule has 1 aliphatic heterocycles. The van der Waals surface area contributed by atoms with E-state index in [0.717, 1.165) is 25.1 Å². The van der Waals surface area contributed by atoms with E-state index in [1.807, 2.05) is 38.1 Å². The molecule has 0 unspecified atom stereocenters. The van der Waals surface area contributed by atoms with E-state index in [0.29, 0.717) is 11.3 Å². The molecule has 0 spiro atoms. The van der Waals surface area contributed by atoms with Crippen molar-refractivity contribution in [2.45, 2.75) is 32.7 Å². The Kier molecular flexibility index (Phi) is 5.76. The van der Waals surface area contributed by atoms with E-state index < -0.39 is 5.91 Å². The van der Waals surface area contributed by atoms with Crippen LogP contribution in [0.5, 0.6) is 0 Å². The van der Waals surface area contributed by atoms with Gasteiger partial charge in [-0.15, -0.1) is 0 Å². The fourth-order valence-electron chi connectivity index (χ4n) is 3.61. The van der Waals surface area contributed by atoms with Crippen LogP contribution in [0.4, 0.5) is 11.4 Å². The number of hydrogen-bond acceptors (Lipinski definition) is 4. The number of hydroxylamine groups is 1. The van der Waals surface area contributed by atoms with Gasteiger partial charge in [-0.3, -0.25) is 14.8 Å². The number of amides is 2. The lowest BCUT2D eigenvalue weighted by Crippen LogP contribution is -2.51. The molecule has 3 N–H and O–H groups in total. The van der Waals surface area contributed by atoms with Gasteiger partial charge in [0.1, 0.15) is 6.04 Å². The summed E-state index contributed by atoms with van der Waals surface area (Å²) < 4.78 is 0. The van der Waals surface area contributed by atoms with E-state index in [4.69, 9.17) is 5.21 Å². The van der Waals surface area contributed by atoms with Crippen molar-refractivity contribution in [3.05, 3.63) is 59.7 Å². The standard InChI is InChI=1S/C21H25N3O3/c1-14(2)19-21(26)22-17-13-16(20(25)23-27)10-11-18(17)24(19)12-6-9-15-7-4-3-5-8-15/h3-5,7-8,10-11,13-14,19,27H,6,9,12H2,1-2H3,(H,22,26)(H,23,25)/t19-/m0/s1. The molecular weight excluding hydrogens is 342 g/mol. The minimum Gasteiger partial charge on any atom is -0.358 e. The number of nitrogens with one attached hydrogen (secondary N) is 2. The summed E-state index contributed by atoms with van der Waals surface area (Å²) >= 11 is 0. The highest BCUT2D eigenvalue weighted by molar-refractivity contribution is 6.05. The molecule has 3 rings (SSSR count). The molecule has 2 aromatic carbocycles. The molecule has 1 aliphatic rings. The second-order valence-corrected chi connectivity index (χ2v) is 7.13. The van der Waals surface area contributed by atoms with Gasteiger partial charge >= 0.3 is 0 Å². The molecule has 0 saturated carbocycles. The summed E-state index contributed by atoms with van der Waals surface area (Å²) in [5.74, 6) is -0.525. The smallest absolute Gasteiger partial charge is 0.274 e. The summed E-state index contributed by atoms with van der Waals surface area (Å²) in [5.41, 5.74) is 4.69. The largest absolute Gasteiger partial charge is 0.358 e. The van der Waals surface area contributed by atoms with Gasteiger partial charge in [-0.1, -0.05) is 44.2 Å². The molecule has 0 radical (unpaired) electrons. The van der Waals surface area contributed by atoms with Gasteiger partial charge in [0, 0.05) is 12.1 Å². The van der Waals surface area contributed by atoms with Crippen molar-refractivity contribution < 1.29 is 14.8 Å². The average molecular weight is 367 g/mol. The highest BCUT2D eigenvalue weighted by Crippen LogP contribution is 2.35. The summed E-state index contributed by atoms with van der Waals surface area (Å²) in [4.78, 5) is 26.5. The molecule has 2 amide bonds. The highest BCUT2D eigenvalue weighted by Gasteiger charge is 2.35. The molecular formula is C21H25N3O3. The molecule has 0 bridgehead atoms. The second-order valence-electron chi connectivity index (χ2n) is 7.13. The Morgan fingerprint density at radius 2 is 1.96 bits per heavy atom. The van der Waals surface area contributed by atoms with Gasteiger partial charge in [0.25, 0.3) is 5.91 Å². The zero-order chi connectivity index (χ0) is 19.4. The summed E-state index contributed by atoms with van der Waals surface area (Å²) in [6.45, 7) is 4.81. The number of carbonyl (C=O) groups excluding carboxylic acids is 2. The first-order chi connectivity index (χ1) is 13.0. The molecule has 27 heavy (non-hydrogen) atoms. The van der Waals surface area contributed by atoms with E-state index in [-0.39, 0.29) is 17.9 Å². The average Bonchev–Trinajstić information content (AvgIpc) is 2.67. The van der Waals surface area contributed by atoms with Crippen LogP contribution in [0.1, 0.15) is 36.2 Å². The number of fused-ring (bicyclic) bond motifs is 1. The maximum atomic E-state index is 12.7. The van der Waals surface area contributed by atoms with Crippen molar-refractivity contribution in [2.75, 3.05) is 16.8 Å². The number of benzene rings is 2. The number of carbonyl (C=O) groups is 2. The van der Waals surface area contributed by atoms with Crippen LogP contribution in [0.3, 0.4) is 0 Å². The molecule has 0 fully saturated rings. The number of nitrogens with zero attached hydrogens (tertiary/aromatic N) is 1. The molecule has 0 aliphatic carbocycles. The normalized spacial score (nSPS) is 16.1. The number of aryl methyl sites for hydroxylation is 1. The van der Waals surface area contributed by atoms with E-state index in [1.165, 1.54) is 5.56 Å². The quantitative estimate of drug-likeness (QED) is 0.541. The van der Waals surface area contributed by atoms with Crippen LogP contribution in [-0.4, -0.2) is 29.6 Å². The first-order valence-electron chi connectivity index (χ1n) is 9.21. The Morgan fingerprint density at radius 3 is 2.63 bits per heavy atom. The van der Waals surface area contributed by atoms with Crippen molar-refractivity contribution in [2.24, 2.45) is 5.92 Å². The van der Waals surface area contributed by atoms with E-state index >= 15 is 0 Å². The lowest BCUT2D eigenvalue weighted by atomic mass is 9.96. The van der Waals surface area contributed by atoms with Crippen molar-refractivity contribution >= 4 is 23.2 Å². The highest BCUT2D eigenvalue weighted by atomic mass is 16.5. The first-order valence-corrected chi connectivity index (χ1v) is 9.21. The van der Waals surface area contributed by atoms with E-state index in [2.05, 4.69) is 22.3 Å². The monoisotopic (exact) mass is 367 g/mol. The van der Waals surface area contributed by atoms with Crippen LogP contribution in [-0.2, 0) is 11.2 Å². The third-order valence-electron chi connectivity index (χ3n) is 4.87. The maximum Gasteiger partial charge on any atom is 0.274 e. The summed E-state index contributed by atoms with van der Waals surface area (Å²) in [7, 11) is 0. The zero-order valence-electron chi connectivity index (χ0n) is 15.6. The van der Waals surface area contributed by atoms with Crippen LogP contribution >= 0.6 is 0 Å². The molecule has 2 aromatic rings. The van der Waals surface area contributed by atoms with Gasteiger partial charge in [-0.2, -0.15) is 0 Å². The molecule has 1 atom stereocenters. The Balaban J connectivity index is 1.84. The Bertz CT molecular complexity index is 821. The third kappa shape index (κ3) is 4.11. The van der Waals surface area contributed by atoms with Crippen LogP contribution in [0, 0.1) is 5.92 Å². The van der Waals surface area contributed by atoms with E-state index in [9.17, 15) is 9.59 Å². The SMILES string of the molecule is CC(C)[C@H]1C(=O)Nc2cc(C(=O)NO)ccc2N1CCCc1ccccc1. The van der Waals surface area contributed by atoms with Crippen LogP contribution in [0.25, 0.3) is 0 Å². The fourth-order valence-corrected chi connectivity index (χ4v) is 3.61. The Labute approximate surface area is 159 Å². The summed E-state index contributed by atoms with van der Waals surface area (Å²) in [6, 6.07) is 15.1. The Morgan fingerprint density at radius 1 is 1.22 bits per heavy atom. The van der Waals surface area contributed by atoms with Crippen LogP contribution in [0.15, 0.2) is 48.5 Å².